The highest BCUT2D eigenvalue weighted by atomic mass is 35.5. The molecule has 0 saturated heterocycles. The second-order valence-electron chi connectivity index (χ2n) is 2.95. The minimum atomic E-state index is -0.0805. The van der Waals surface area contributed by atoms with Crippen LogP contribution < -0.4 is 11.4 Å². The first-order valence-corrected chi connectivity index (χ1v) is 4.20. The van der Waals surface area contributed by atoms with Crippen LogP contribution in [0.5, 0.6) is 0 Å². The molecule has 0 bridgehead atoms. The summed E-state index contributed by atoms with van der Waals surface area (Å²) in [6.45, 7) is 2.58. The molecule has 2 aromatic rings. The number of hydrogen-bond acceptors (Lipinski definition) is 2. The Morgan fingerprint density at radius 3 is 2.86 bits per heavy atom. The molecule has 14 heavy (non-hydrogen) atoms. The molecule has 76 valence electrons. The van der Waals surface area contributed by atoms with E-state index in [1.54, 1.807) is 16.7 Å². The monoisotopic (exact) mass is 213 g/mol. The lowest BCUT2D eigenvalue weighted by molar-refractivity contribution is 0.753. The molecule has 1 heterocycles. The van der Waals surface area contributed by atoms with E-state index < -0.39 is 0 Å². The van der Waals surface area contributed by atoms with E-state index in [9.17, 15) is 4.79 Å². The molecule has 4 nitrogen and oxygen atoms in total. The van der Waals surface area contributed by atoms with E-state index in [-0.39, 0.29) is 18.1 Å². The fourth-order valence-electron chi connectivity index (χ4n) is 1.48. The zero-order chi connectivity index (χ0) is 9.42. The molecular formula is C9H12ClN3O. The van der Waals surface area contributed by atoms with Crippen molar-refractivity contribution in [1.82, 2.24) is 9.55 Å². The van der Waals surface area contributed by atoms with Gasteiger partial charge in [0.1, 0.15) is 0 Å². The van der Waals surface area contributed by atoms with Gasteiger partial charge in [-0.2, -0.15) is 0 Å². The number of nitrogen functional groups attached to an aromatic ring is 1. The van der Waals surface area contributed by atoms with Gasteiger partial charge in [-0.15, -0.1) is 12.4 Å². The molecule has 0 unspecified atom stereocenters. The second-order valence-corrected chi connectivity index (χ2v) is 2.95. The number of aromatic amines is 1. The summed E-state index contributed by atoms with van der Waals surface area (Å²) in [5.74, 6) is 0. The largest absolute Gasteiger partial charge is 0.399 e. The first kappa shape index (κ1) is 10.7. The number of H-pyrrole nitrogens is 1. The van der Waals surface area contributed by atoms with Crippen molar-refractivity contribution in [3.63, 3.8) is 0 Å². The van der Waals surface area contributed by atoms with Gasteiger partial charge in [-0.25, -0.2) is 4.79 Å². The van der Waals surface area contributed by atoms with E-state index in [2.05, 4.69) is 4.98 Å². The highest BCUT2D eigenvalue weighted by Crippen LogP contribution is 2.13. The lowest BCUT2D eigenvalue weighted by Gasteiger charge is -1.97. The van der Waals surface area contributed by atoms with Crippen molar-refractivity contribution in [2.24, 2.45) is 0 Å². The van der Waals surface area contributed by atoms with E-state index in [1.165, 1.54) is 0 Å². The summed E-state index contributed by atoms with van der Waals surface area (Å²) in [7, 11) is 0. The number of fused-ring (bicyclic) bond motifs is 1. The number of benzene rings is 1. The van der Waals surface area contributed by atoms with Gasteiger partial charge in [-0.1, -0.05) is 0 Å². The predicted molar refractivity (Wildman–Crippen MR) is 59.9 cm³/mol. The Kier molecular flexibility index (Phi) is 2.86. The van der Waals surface area contributed by atoms with Crippen LogP contribution in [0.25, 0.3) is 11.0 Å². The molecule has 0 aliphatic carbocycles. The zero-order valence-electron chi connectivity index (χ0n) is 7.78. The molecule has 1 aromatic carbocycles. The molecule has 0 atom stereocenters. The molecule has 0 aliphatic rings. The lowest BCUT2D eigenvalue weighted by atomic mass is 10.3. The van der Waals surface area contributed by atoms with E-state index in [4.69, 9.17) is 5.73 Å². The number of nitrogens with zero attached hydrogens (tertiary/aromatic N) is 1. The van der Waals surface area contributed by atoms with Crippen LogP contribution in [0, 0.1) is 0 Å². The lowest BCUT2D eigenvalue weighted by Crippen LogP contribution is -2.14. The Morgan fingerprint density at radius 2 is 2.21 bits per heavy atom. The van der Waals surface area contributed by atoms with Gasteiger partial charge in [0.25, 0.3) is 0 Å². The summed E-state index contributed by atoms with van der Waals surface area (Å²) in [5, 5.41) is 0. The number of nitrogens with one attached hydrogen (secondary N) is 1. The number of aromatic nitrogens is 2. The molecular weight excluding hydrogens is 202 g/mol. The summed E-state index contributed by atoms with van der Waals surface area (Å²) in [6, 6.07) is 5.40. The fraction of sp³-hybridized carbons (Fsp3) is 0.222. The van der Waals surface area contributed by atoms with Crippen LogP contribution in [-0.2, 0) is 6.54 Å². The van der Waals surface area contributed by atoms with Gasteiger partial charge in [0.2, 0.25) is 0 Å². The Bertz CT molecular complexity index is 500. The highest BCUT2D eigenvalue weighted by Gasteiger charge is 2.03. The molecule has 0 saturated carbocycles. The predicted octanol–water partition coefficient (Wildman–Crippen LogP) is 1.35. The minimum absolute atomic E-state index is 0. The Hall–Kier alpha value is -1.42. The SMILES string of the molecule is CCn1c(=O)[nH]c2ccc(N)cc21.Cl. The van der Waals surface area contributed by atoms with E-state index >= 15 is 0 Å². The molecule has 3 N–H and O–H groups in total. The number of anilines is 1. The van der Waals surface area contributed by atoms with E-state index in [0.717, 1.165) is 11.0 Å². The van der Waals surface area contributed by atoms with Crippen molar-refractivity contribution in [2.45, 2.75) is 13.5 Å². The smallest absolute Gasteiger partial charge is 0.326 e. The number of rotatable bonds is 1. The fourth-order valence-corrected chi connectivity index (χ4v) is 1.48. The van der Waals surface area contributed by atoms with Crippen molar-refractivity contribution in [3.8, 4) is 0 Å². The van der Waals surface area contributed by atoms with Gasteiger partial charge < -0.3 is 10.7 Å². The molecule has 5 heteroatoms. The van der Waals surface area contributed by atoms with Crippen LogP contribution in [0.3, 0.4) is 0 Å². The number of halogens is 1. The van der Waals surface area contributed by atoms with Crippen LogP contribution in [-0.4, -0.2) is 9.55 Å². The summed E-state index contributed by atoms with van der Waals surface area (Å²) in [5.41, 5.74) is 7.92. The van der Waals surface area contributed by atoms with Crippen LogP contribution in [0.2, 0.25) is 0 Å². The minimum Gasteiger partial charge on any atom is -0.399 e. The zero-order valence-corrected chi connectivity index (χ0v) is 8.60. The Balaban J connectivity index is 0.000000980. The van der Waals surface area contributed by atoms with Gasteiger partial charge in [0.15, 0.2) is 0 Å². The molecule has 0 fully saturated rings. The second kappa shape index (κ2) is 3.75. The number of nitrogens with two attached hydrogens (primary N) is 1. The number of imidazole rings is 1. The average Bonchev–Trinajstić information content (AvgIpc) is 2.40. The van der Waals surface area contributed by atoms with E-state index in [0.29, 0.717) is 12.2 Å². The maximum Gasteiger partial charge on any atom is 0.326 e. The van der Waals surface area contributed by atoms with Crippen molar-refractivity contribution in [3.05, 3.63) is 28.7 Å². The van der Waals surface area contributed by atoms with Crippen LogP contribution in [0.4, 0.5) is 5.69 Å². The van der Waals surface area contributed by atoms with Gasteiger partial charge in [-0.05, 0) is 25.1 Å². The Labute approximate surface area is 87.1 Å². The van der Waals surface area contributed by atoms with Crippen molar-refractivity contribution < 1.29 is 0 Å². The maximum absolute atomic E-state index is 11.3. The first-order valence-electron chi connectivity index (χ1n) is 4.20. The third-order valence-electron chi connectivity index (χ3n) is 2.12. The Morgan fingerprint density at radius 1 is 1.50 bits per heavy atom. The molecule has 0 aliphatic heterocycles. The molecule has 1 aromatic heterocycles. The number of aryl methyl sites for hydroxylation is 1. The van der Waals surface area contributed by atoms with Crippen LogP contribution >= 0.6 is 12.4 Å². The average molecular weight is 214 g/mol. The third-order valence-corrected chi connectivity index (χ3v) is 2.12. The summed E-state index contributed by atoms with van der Waals surface area (Å²) < 4.78 is 1.66. The molecule has 0 amide bonds. The third kappa shape index (κ3) is 1.48. The summed E-state index contributed by atoms with van der Waals surface area (Å²) in [4.78, 5) is 14.1. The highest BCUT2D eigenvalue weighted by molar-refractivity contribution is 5.85. The quantitative estimate of drug-likeness (QED) is 0.703. The van der Waals surface area contributed by atoms with E-state index in [1.807, 2.05) is 13.0 Å². The van der Waals surface area contributed by atoms with Crippen molar-refractivity contribution in [2.75, 3.05) is 5.73 Å². The van der Waals surface area contributed by atoms with Crippen molar-refractivity contribution >= 4 is 29.1 Å². The topological polar surface area (TPSA) is 63.8 Å². The maximum atomic E-state index is 11.3. The molecule has 0 radical (unpaired) electrons. The summed E-state index contributed by atoms with van der Waals surface area (Å²) >= 11 is 0. The van der Waals surface area contributed by atoms with Gasteiger partial charge >= 0.3 is 5.69 Å². The van der Waals surface area contributed by atoms with Crippen LogP contribution in [0.15, 0.2) is 23.0 Å². The first-order chi connectivity index (χ1) is 6.22. The van der Waals surface area contributed by atoms with Gasteiger partial charge in [-0.3, -0.25) is 4.57 Å². The summed E-state index contributed by atoms with van der Waals surface area (Å²) in [6.07, 6.45) is 0. The van der Waals surface area contributed by atoms with Crippen LogP contribution in [0.1, 0.15) is 6.92 Å². The standard InChI is InChI=1S/C9H11N3O.ClH/c1-2-12-8-5-6(10)3-4-7(8)11-9(12)13;/h3-5H,2,10H2,1H3,(H,11,13);1H. The van der Waals surface area contributed by atoms with Crippen molar-refractivity contribution in [1.29, 1.82) is 0 Å². The van der Waals surface area contributed by atoms with Gasteiger partial charge in [0, 0.05) is 12.2 Å². The van der Waals surface area contributed by atoms with Gasteiger partial charge in [0.05, 0.1) is 11.0 Å². The number of hydrogen-bond donors (Lipinski definition) is 2. The molecule has 2 rings (SSSR count). The normalized spacial score (nSPS) is 10.1. The molecule has 0 spiro atoms.